The Morgan fingerprint density at radius 2 is 1.80 bits per heavy atom. The van der Waals surface area contributed by atoms with Crippen molar-refractivity contribution < 1.29 is 22.7 Å². The van der Waals surface area contributed by atoms with Gasteiger partial charge in [0.15, 0.2) is 0 Å². The van der Waals surface area contributed by atoms with Gasteiger partial charge in [-0.25, -0.2) is 18.2 Å². The predicted octanol–water partition coefficient (Wildman–Crippen LogP) is 1.06. The first-order valence-corrected chi connectivity index (χ1v) is 12.0. The second kappa shape index (κ2) is 10.0. The first-order valence-electron chi connectivity index (χ1n) is 10.6. The Morgan fingerprint density at radius 3 is 2.40 bits per heavy atom. The van der Waals surface area contributed by atoms with Crippen molar-refractivity contribution in [3.63, 3.8) is 0 Å². The smallest absolute Gasteiger partial charge is 0.343 e. The van der Waals surface area contributed by atoms with Crippen LogP contribution in [0.3, 0.4) is 0 Å². The maximum Gasteiger partial charge on any atom is 0.343 e. The van der Waals surface area contributed by atoms with Gasteiger partial charge >= 0.3 is 5.97 Å². The summed E-state index contributed by atoms with van der Waals surface area (Å²) in [6, 6.07) is 1.34. The van der Waals surface area contributed by atoms with E-state index in [0.717, 1.165) is 32.5 Å². The summed E-state index contributed by atoms with van der Waals surface area (Å²) in [6.45, 7) is 8.84. The van der Waals surface area contributed by atoms with Gasteiger partial charge in [0.25, 0.3) is 0 Å². The molecular weight excluding hydrogens is 408 g/mol. The second-order valence-electron chi connectivity index (χ2n) is 7.70. The Bertz CT molecular complexity index is 832. The maximum absolute atomic E-state index is 13.1. The van der Waals surface area contributed by atoms with Crippen LogP contribution in [0.2, 0.25) is 0 Å². The molecule has 9 nitrogen and oxygen atoms in total. The van der Waals surface area contributed by atoms with Crippen LogP contribution >= 0.6 is 0 Å². The van der Waals surface area contributed by atoms with Gasteiger partial charge in [-0.1, -0.05) is 6.92 Å². The number of carbonyl (C=O) groups excluding carboxylic acids is 1. The first-order chi connectivity index (χ1) is 14.3. The number of nitrogens with zero attached hydrogens (tertiary/aromatic N) is 4. The summed E-state index contributed by atoms with van der Waals surface area (Å²) >= 11 is 0. The molecule has 0 spiro atoms. The molecule has 0 saturated carbocycles. The molecule has 0 unspecified atom stereocenters. The number of pyridine rings is 1. The fraction of sp³-hybridized carbons (Fsp3) is 0.700. The lowest BCUT2D eigenvalue weighted by atomic mass is 10.1. The molecule has 1 aromatic heterocycles. The average molecular weight is 441 g/mol. The number of hydrogen-bond acceptors (Lipinski definition) is 8. The Balaban J connectivity index is 1.83. The summed E-state index contributed by atoms with van der Waals surface area (Å²) in [5.41, 5.74) is 0.0593. The Morgan fingerprint density at radius 1 is 1.13 bits per heavy atom. The van der Waals surface area contributed by atoms with Gasteiger partial charge in [0, 0.05) is 39.3 Å². The number of esters is 1. The summed E-state index contributed by atoms with van der Waals surface area (Å²) in [4.78, 5) is 21.2. The maximum atomic E-state index is 13.1. The topological polar surface area (TPSA) is 92.3 Å². The molecule has 3 heterocycles. The molecule has 1 aromatic rings. The molecular formula is C20H32N4O5S. The largest absolute Gasteiger partial charge is 0.474 e. The molecule has 2 aliphatic heterocycles. The van der Waals surface area contributed by atoms with E-state index in [0.29, 0.717) is 26.2 Å². The third kappa shape index (κ3) is 5.29. The minimum atomic E-state index is -3.75. The van der Waals surface area contributed by atoms with E-state index < -0.39 is 16.0 Å². The van der Waals surface area contributed by atoms with Crippen LogP contribution in [0, 0.1) is 0 Å². The van der Waals surface area contributed by atoms with E-state index in [2.05, 4.69) is 28.8 Å². The van der Waals surface area contributed by atoms with Gasteiger partial charge in [0.1, 0.15) is 16.6 Å². The van der Waals surface area contributed by atoms with Gasteiger partial charge in [-0.2, -0.15) is 4.31 Å². The van der Waals surface area contributed by atoms with Crippen molar-refractivity contribution in [2.24, 2.45) is 0 Å². The molecule has 0 N–H and O–H groups in total. The monoisotopic (exact) mass is 440 g/mol. The van der Waals surface area contributed by atoms with Crippen LogP contribution in [0.15, 0.2) is 17.2 Å². The van der Waals surface area contributed by atoms with Crippen LogP contribution in [0.1, 0.15) is 37.0 Å². The molecule has 0 bridgehead atoms. The molecule has 0 atom stereocenters. The normalized spacial score (nSPS) is 20.2. The highest BCUT2D eigenvalue weighted by Gasteiger charge is 2.31. The summed E-state index contributed by atoms with van der Waals surface area (Å²) in [5.74, 6) is -0.487. The molecule has 0 radical (unpaired) electrons. The van der Waals surface area contributed by atoms with E-state index in [4.69, 9.17) is 9.47 Å². The number of sulfonamides is 1. The first kappa shape index (κ1) is 22.9. The Labute approximate surface area is 179 Å². The van der Waals surface area contributed by atoms with E-state index in [9.17, 15) is 13.2 Å². The van der Waals surface area contributed by atoms with Crippen molar-refractivity contribution in [3.8, 4) is 5.88 Å². The third-order valence-corrected chi connectivity index (χ3v) is 7.55. The highest BCUT2D eigenvalue weighted by Crippen LogP contribution is 2.26. The van der Waals surface area contributed by atoms with Crippen molar-refractivity contribution in [2.75, 3.05) is 59.5 Å². The van der Waals surface area contributed by atoms with E-state index in [1.807, 2.05) is 0 Å². The predicted molar refractivity (Wildman–Crippen MR) is 112 cm³/mol. The number of hydrogen-bond donors (Lipinski definition) is 0. The molecule has 0 aliphatic carbocycles. The Hall–Kier alpha value is -1.75. The standard InChI is InChI=1S/C20H32N4O5S/c1-4-23-10-12-24(13-11-23)30(26,27)17-14-18(20(25)28-5-2)19(21-15-17)29-16-6-8-22(3)9-7-16/h14-16H,4-13H2,1-3H3. The number of aromatic nitrogens is 1. The van der Waals surface area contributed by atoms with Crippen LogP contribution in [0.4, 0.5) is 0 Å². The molecule has 2 aliphatic rings. The number of likely N-dealkylation sites (tertiary alicyclic amines) is 1. The van der Waals surface area contributed by atoms with Crippen molar-refractivity contribution in [2.45, 2.75) is 37.7 Å². The molecule has 2 saturated heterocycles. The molecule has 30 heavy (non-hydrogen) atoms. The van der Waals surface area contributed by atoms with Crippen LogP contribution in [0.5, 0.6) is 5.88 Å². The quantitative estimate of drug-likeness (QED) is 0.581. The van der Waals surface area contributed by atoms with Gasteiger partial charge < -0.3 is 19.3 Å². The number of piperazine rings is 1. The van der Waals surface area contributed by atoms with Crippen LogP contribution < -0.4 is 4.74 Å². The molecule has 0 amide bonds. The number of ether oxygens (including phenoxy) is 2. The number of likely N-dealkylation sites (N-methyl/N-ethyl adjacent to an activating group) is 1. The zero-order valence-electron chi connectivity index (χ0n) is 18.0. The average Bonchev–Trinajstić information content (AvgIpc) is 2.75. The van der Waals surface area contributed by atoms with Gasteiger partial charge in [0.05, 0.1) is 12.8 Å². The van der Waals surface area contributed by atoms with Crippen LogP contribution in [-0.2, 0) is 14.8 Å². The van der Waals surface area contributed by atoms with Crippen LogP contribution in [-0.4, -0.2) is 99.0 Å². The highest BCUT2D eigenvalue weighted by atomic mass is 32.2. The number of rotatable bonds is 7. The van der Waals surface area contributed by atoms with Crippen LogP contribution in [0.25, 0.3) is 0 Å². The SMILES string of the molecule is CCOC(=O)c1cc(S(=O)(=O)N2CCN(CC)CC2)cnc1OC1CCN(C)CC1. The van der Waals surface area contributed by atoms with E-state index >= 15 is 0 Å². The van der Waals surface area contributed by atoms with Crippen molar-refractivity contribution in [3.05, 3.63) is 17.8 Å². The molecule has 168 valence electrons. The minimum absolute atomic E-state index is 0.00812. The van der Waals surface area contributed by atoms with Gasteiger partial charge in [-0.3, -0.25) is 0 Å². The fourth-order valence-corrected chi connectivity index (χ4v) is 5.11. The lowest BCUT2D eigenvalue weighted by Crippen LogP contribution is -2.48. The van der Waals surface area contributed by atoms with Crippen molar-refractivity contribution in [1.29, 1.82) is 0 Å². The number of piperidine rings is 1. The lowest BCUT2D eigenvalue weighted by Gasteiger charge is -2.33. The van der Waals surface area contributed by atoms with E-state index in [-0.39, 0.29) is 29.0 Å². The van der Waals surface area contributed by atoms with E-state index in [1.54, 1.807) is 6.92 Å². The second-order valence-corrected chi connectivity index (χ2v) is 9.64. The zero-order chi connectivity index (χ0) is 21.7. The molecule has 0 aromatic carbocycles. The Kier molecular flexibility index (Phi) is 7.67. The van der Waals surface area contributed by atoms with Crippen molar-refractivity contribution >= 4 is 16.0 Å². The summed E-state index contributed by atoms with van der Waals surface area (Å²) in [5, 5.41) is 0. The summed E-state index contributed by atoms with van der Waals surface area (Å²) in [7, 11) is -1.69. The van der Waals surface area contributed by atoms with Gasteiger partial charge in [-0.05, 0) is 39.4 Å². The highest BCUT2D eigenvalue weighted by molar-refractivity contribution is 7.89. The lowest BCUT2D eigenvalue weighted by molar-refractivity contribution is 0.0510. The summed E-state index contributed by atoms with van der Waals surface area (Å²) < 4.78 is 38.8. The van der Waals surface area contributed by atoms with Crippen molar-refractivity contribution in [1.82, 2.24) is 19.1 Å². The fourth-order valence-electron chi connectivity index (χ4n) is 3.72. The van der Waals surface area contributed by atoms with Gasteiger partial charge in [-0.15, -0.1) is 0 Å². The molecule has 10 heteroatoms. The number of carbonyl (C=O) groups is 1. The minimum Gasteiger partial charge on any atom is -0.474 e. The van der Waals surface area contributed by atoms with Gasteiger partial charge in [0.2, 0.25) is 15.9 Å². The molecule has 3 rings (SSSR count). The zero-order valence-corrected chi connectivity index (χ0v) is 18.9. The summed E-state index contributed by atoms with van der Waals surface area (Å²) in [6.07, 6.45) is 2.87. The van der Waals surface area contributed by atoms with E-state index in [1.165, 1.54) is 16.6 Å². The third-order valence-electron chi connectivity index (χ3n) is 5.68. The molecule has 2 fully saturated rings.